The van der Waals surface area contributed by atoms with Crippen molar-refractivity contribution in [3.05, 3.63) is 12.0 Å². The van der Waals surface area contributed by atoms with Crippen LogP contribution in [0.5, 0.6) is 0 Å². The monoisotopic (exact) mass is 170 g/mol. The van der Waals surface area contributed by atoms with Crippen molar-refractivity contribution in [3.8, 4) is 0 Å². The summed E-state index contributed by atoms with van der Waals surface area (Å²) in [6.45, 7) is 4.01. The maximum Gasteiger partial charge on any atom is 0.294 e. The summed E-state index contributed by atoms with van der Waals surface area (Å²) >= 11 is 0. The number of hydrogen-bond acceptors (Lipinski definition) is 4. The van der Waals surface area contributed by atoms with Crippen LogP contribution in [-0.4, -0.2) is 22.7 Å². The molecule has 1 rings (SSSR count). The van der Waals surface area contributed by atoms with Crippen LogP contribution < -0.4 is 5.32 Å². The number of aryl methyl sites for hydroxylation is 1. The summed E-state index contributed by atoms with van der Waals surface area (Å²) in [5.41, 5.74) is 0.855. The van der Waals surface area contributed by atoms with E-state index >= 15 is 0 Å². The Kier molecular flexibility index (Phi) is 3.10. The van der Waals surface area contributed by atoms with Crippen molar-refractivity contribution in [2.45, 2.75) is 26.3 Å². The van der Waals surface area contributed by atoms with E-state index in [1.165, 1.54) is 0 Å². The van der Waals surface area contributed by atoms with Gasteiger partial charge >= 0.3 is 0 Å². The Morgan fingerprint density at radius 3 is 3.00 bits per heavy atom. The molecule has 0 saturated carbocycles. The molecule has 0 aliphatic heterocycles. The van der Waals surface area contributed by atoms with E-state index in [1.807, 2.05) is 13.8 Å². The van der Waals surface area contributed by atoms with Crippen molar-refractivity contribution >= 4 is 6.01 Å². The average Bonchev–Trinajstić information content (AvgIpc) is 2.36. The minimum atomic E-state index is 0.174. The van der Waals surface area contributed by atoms with Gasteiger partial charge in [-0.25, -0.2) is 0 Å². The molecule has 68 valence electrons. The van der Waals surface area contributed by atoms with Gasteiger partial charge in [0, 0.05) is 12.6 Å². The van der Waals surface area contributed by atoms with Crippen molar-refractivity contribution in [1.82, 2.24) is 4.98 Å². The van der Waals surface area contributed by atoms with E-state index in [9.17, 15) is 0 Å². The number of aliphatic hydroxyl groups is 1. The van der Waals surface area contributed by atoms with E-state index in [2.05, 4.69) is 10.3 Å². The molecule has 0 aliphatic carbocycles. The normalized spacial score (nSPS) is 12.9. The number of nitrogens with one attached hydrogen (secondary N) is 1. The number of anilines is 1. The van der Waals surface area contributed by atoms with Gasteiger partial charge in [-0.2, -0.15) is 4.98 Å². The largest absolute Gasteiger partial charge is 0.432 e. The maximum absolute atomic E-state index is 8.63. The average molecular weight is 170 g/mol. The number of aliphatic hydroxyl groups excluding tert-OH is 1. The Bertz CT molecular complexity index is 235. The van der Waals surface area contributed by atoms with E-state index < -0.39 is 0 Å². The molecule has 2 N–H and O–H groups in total. The minimum absolute atomic E-state index is 0.174. The smallest absolute Gasteiger partial charge is 0.294 e. The lowest BCUT2D eigenvalue weighted by Gasteiger charge is -2.08. The zero-order chi connectivity index (χ0) is 8.97. The molecule has 0 fully saturated rings. The van der Waals surface area contributed by atoms with E-state index in [0.29, 0.717) is 12.4 Å². The highest BCUT2D eigenvalue weighted by Gasteiger charge is 2.04. The molecule has 4 heteroatoms. The summed E-state index contributed by atoms with van der Waals surface area (Å²) in [4.78, 5) is 4.07. The highest BCUT2D eigenvalue weighted by atomic mass is 16.4. The molecule has 1 heterocycles. The number of rotatable bonds is 4. The number of hydrogen-bond donors (Lipinski definition) is 2. The standard InChI is InChI=1S/C8H14N2O2/c1-6(3-4-11)9-8-10-7(2)5-12-8/h5-6,11H,3-4H2,1-2H3,(H,9,10)/t6-/m1/s1. The van der Waals surface area contributed by atoms with Crippen LogP contribution in [0.1, 0.15) is 19.0 Å². The van der Waals surface area contributed by atoms with Crippen LogP contribution in [-0.2, 0) is 0 Å². The predicted molar refractivity (Wildman–Crippen MR) is 46.0 cm³/mol. The van der Waals surface area contributed by atoms with Crippen molar-refractivity contribution in [3.63, 3.8) is 0 Å². The Morgan fingerprint density at radius 1 is 1.75 bits per heavy atom. The van der Waals surface area contributed by atoms with Crippen LogP contribution in [0.4, 0.5) is 6.01 Å². The molecule has 12 heavy (non-hydrogen) atoms. The van der Waals surface area contributed by atoms with Gasteiger partial charge in [0.1, 0.15) is 6.26 Å². The predicted octanol–water partition coefficient (Wildman–Crippen LogP) is 1.17. The first-order valence-electron chi connectivity index (χ1n) is 4.02. The molecule has 1 aromatic rings. The fraction of sp³-hybridized carbons (Fsp3) is 0.625. The van der Waals surface area contributed by atoms with Gasteiger partial charge in [0.05, 0.1) is 5.69 Å². The van der Waals surface area contributed by atoms with Crippen molar-refractivity contribution in [2.75, 3.05) is 11.9 Å². The molecule has 0 aliphatic rings. The SMILES string of the molecule is Cc1coc(N[C@H](C)CCO)n1. The van der Waals surface area contributed by atoms with Crippen LogP contribution in [0.3, 0.4) is 0 Å². The third-order valence-electron chi connectivity index (χ3n) is 1.55. The Hall–Kier alpha value is -1.03. The summed E-state index contributed by atoms with van der Waals surface area (Å²) in [6, 6.07) is 0.710. The van der Waals surface area contributed by atoms with Gasteiger partial charge in [0.25, 0.3) is 6.01 Å². The molecule has 0 amide bonds. The van der Waals surface area contributed by atoms with Crippen LogP contribution in [0, 0.1) is 6.92 Å². The lowest BCUT2D eigenvalue weighted by molar-refractivity contribution is 0.281. The van der Waals surface area contributed by atoms with Crippen LogP contribution in [0.25, 0.3) is 0 Å². The summed E-state index contributed by atoms with van der Waals surface area (Å²) < 4.78 is 5.08. The number of oxazole rings is 1. The topological polar surface area (TPSA) is 58.3 Å². The van der Waals surface area contributed by atoms with E-state index in [1.54, 1.807) is 6.26 Å². The van der Waals surface area contributed by atoms with Gasteiger partial charge in [0.15, 0.2) is 0 Å². The molecule has 4 nitrogen and oxygen atoms in total. The molecular formula is C8H14N2O2. The summed E-state index contributed by atoms with van der Waals surface area (Å²) in [7, 11) is 0. The fourth-order valence-corrected chi connectivity index (χ4v) is 0.897. The third-order valence-corrected chi connectivity index (χ3v) is 1.55. The summed E-state index contributed by atoms with van der Waals surface area (Å²) in [5.74, 6) is 0. The first-order valence-corrected chi connectivity index (χ1v) is 4.02. The van der Waals surface area contributed by atoms with E-state index in [-0.39, 0.29) is 12.6 Å². The number of nitrogens with zero attached hydrogens (tertiary/aromatic N) is 1. The minimum Gasteiger partial charge on any atom is -0.432 e. The van der Waals surface area contributed by atoms with E-state index in [0.717, 1.165) is 5.69 Å². The fourth-order valence-electron chi connectivity index (χ4n) is 0.897. The lowest BCUT2D eigenvalue weighted by Crippen LogP contribution is -2.16. The zero-order valence-corrected chi connectivity index (χ0v) is 7.37. The molecule has 0 spiro atoms. The van der Waals surface area contributed by atoms with Crippen LogP contribution >= 0.6 is 0 Å². The molecule has 0 bridgehead atoms. The second kappa shape index (κ2) is 4.11. The molecular weight excluding hydrogens is 156 g/mol. The molecule has 0 aromatic carbocycles. The quantitative estimate of drug-likeness (QED) is 0.712. The zero-order valence-electron chi connectivity index (χ0n) is 7.37. The van der Waals surface area contributed by atoms with Crippen LogP contribution in [0.2, 0.25) is 0 Å². The van der Waals surface area contributed by atoms with Gasteiger partial charge < -0.3 is 14.8 Å². The van der Waals surface area contributed by atoms with Gasteiger partial charge in [-0.05, 0) is 20.3 Å². The van der Waals surface area contributed by atoms with Gasteiger partial charge in [-0.3, -0.25) is 0 Å². The molecule has 0 saturated heterocycles. The van der Waals surface area contributed by atoms with Crippen molar-refractivity contribution in [1.29, 1.82) is 0 Å². The maximum atomic E-state index is 8.63. The van der Waals surface area contributed by atoms with Gasteiger partial charge in [0.2, 0.25) is 0 Å². The second-order valence-electron chi connectivity index (χ2n) is 2.85. The highest BCUT2D eigenvalue weighted by molar-refractivity contribution is 5.21. The van der Waals surface area contributed by atoms with Crippen molar-refractivity contribution in [2.24, 2.45) is 0 Å². The lowest BCUT2D eigenvalue weighted by atomic mass is 10.2. The first kappa shape index (κ1) is 9.06. The Balaban J connectivity index is 2.41. The molecule has 1 aromatic heterocycles. The highest BCUT2D eigenvalue weighted by Crippen LogP contribution is 2.08. The molecule has 0 radical (unpaired) electrons. The molecule has 0 unspecified atom stereocenters. The third kappa shape index (κ3) is 2.54. The van der Waals surface area contributed by atoms with Gasteiger partial charge in [-0.1, -0.05) is 0 Å². The second-order valence-corrected chi connectivity index (χ2v) is 2.85. The number of aromatic nitrogens is 1. The summed E-state index contributed by atoms with van der Waals surface area (Å²) in [5, 5.41) is 11.7. The Morgan fingerprint density at radius 2 is 2.50 bits per heavy atom. The Labute approximate surface area is 71.6 Å². The van der Waals surface area contributed by atoms with Crippen molar-refractivity contribution < 1.29 is 9.52 Å². The first-order chi connectivity index (χ1) is 5.72. The summed E-state index contributed by atoms with van der Waals surface area (Å²) in [6.07, 6.45) is 2.29. The molecule has 1 atom stereocenters. The van der Waals surface area contributed by atoms with E-state index in [4.69, 9.17) is 9.52 Å². The van der Waals surface area contributed by atoms with Crippen LogP contribution in [0.15, 0.2) is 10.7 Å². The van der Waals surface area contributed by atoms with Gasteiger partial charge in [-0.15, -0.1) is 0 Å².